The highest BCUT2D eigenvalue weighted by molar-refractivity contribution is 7.14. The Morgan fingerprint density at radius 1 is 1.58 bits per heavy atom. The van der Waals surface area contributed by atoms with Crippen LogP contribution in [0.5, 0.6) is 0 Å². The van der Waals surface area contributed by atoms with E-state index in [0.29, 0.717) is 23.7 Å². The molecule has 2 heterocycles. The van der Waals surface area contributed by atoms with Gasteiger partial charge in [0, 0.05) is 6.54 Å². The van der Waals surface area contributed by atoms with Crippen LogP contribution >= 0.6 is 11.3 Å². The monoisotopic (exact) mass is 282 g/mol. The molecule has 2 N–H and O–H groups in total. The second kappa shape index (κ2) is 6.68. The average Bonchev–Trinajstić information content (AvgIpc) is 2.88. The average molecular weight is 282 g/mol. The molecule has 0 spiro atoms. The summed E-state index contributed by atoms with van der Waals surface area (Å²) >= 11 is 1.34. The first-order valence-corrected chi connectivity index (χ1v) is 7.36. The van der Waals surface area contributed by atoms with Gasteiger partial charge < -0.3 is 15.4 Å². The van der Waals surface area contributed by atoms with Crippen LogP contribution in [0.1, 0.15) is 30.1 Å². The van der Waals surface area contributed by atoms with Gasteiger partial charge in [-0.2, -0.15) is 0 Å². The van der Waals surface area contributed by atoms with Crippen molar-refractivity contribution in [1.29, 1.82) is 0 Å². The fourth-order valence-electron chi connectivity index (χ4n) is 2.07. The highest BCUT2D eigenvalue weighted by atomic mass is 32.1. The van der Waals surface area contributed by atoms with Gasteiger partial charge in [0.05, 0.1) is 18.1 Å². The van der Waals surface area contributed by atoms with Crippen molar-refractivity contribution in [2.24, 2.45) is 5.92 Å². The van der Waals surface area contributed by atoms with E-state index in [9.17, 15) is 9.59 Å². The van der Waals surface area contributed by atoms with Gasteiger partial charge in [-0.05, 0) is 37.8 Å². The molecule has 0 saturated carbocycles. The number of ether oxygens (including phenoxy) is 1. The first kappa shape index (κ1) is 14.0. The number of nitrogens with one attached hydrogen (secondary N) is 2. The van der Waals surface area contributed by atoms with Gasteiger partial charge in [0.2, 0.25) is 5.91 Å². The Morgan fingerprint density at radius 2 is 2.42 bits per heavy atom. The summed E-state index contributed by atoms with van der Waals surface area (Å²) in [4.78, 5) is 23.8. The number of piperidine rings is 1. The number of thiophene rings is 1. The molecule has 0 radical (unpaired) electrons. The zero-order chi connectivity index (χ0) is 13.7. The van der Waals surface area contributed by atoms with Gasteiger partial charge >= 0.3 is 5.97 Å². The molecule has 6 heteroatoms. The zero-order valence-corrected chi connectivity index (χ0v) is 11.7. The van der Waals surface area contributed by atoms with Crippen LogP contribution in [-0.4, -0.2) is 31.6 Å². The fourth-order valence-corrected chi connectivity index (χ4v) is 2.84. The maximum absolute atomic E-state index is 12.1. The third kappa shape index (κ3) is 3.54. The second-order valence-electron chi connectivity index (χ2n) is 4.42. The van der Waals surface area contributed by atoms with Crippen LogP contribution in [0.2, 0.25) is 0 Å². The summed E-state index contributed by atoms with van der Waals surface area (Å²) in [5, 5.41) is 8.40. The molecule has 19 heavy (non-hydrogen) atoms. The molecule has 0 aliphatic carbocycles. The lowest BCUT2D eigenvalue weighted by molar-refractivity contribution is -0.120. The zero-order valence-electron chi connectivity index (χ0n) is 10.9. The van der Waals surface area contributed by atoms with Gasteiger partial charge in [-0.1, -0.05) is 0 Å². The predicted octanol–water partition coefficient (Wildman–Crippen LogP) is 1.86. The number of amides is 1. The van der Waals surface area contributed by atoms with Crippen LogP contribution in [0.4, 0.5) is 5.00 Å². The predicted molar refractivity (Wildman–Crippen MR) is 74.5 cm³/mol. The van der Waals surface area contributed by atoms with Crippen molar-refractivity contribution >= 4 is 28.2 Å². The number of carbonyl (C=O) groups is 2. The first-order valence-electron chi connectivity index (χ1n) is 6.48. The van der Waals surface area contributed by atoms with E-state index in [0.717, 1.165) is 19.4 Å². The van der Waals surface area contributed by atoms with E-state index in [1.165, 1.54) is 11.3 Å². The second-order valence-corrected chi connectivity index (χ2v) is 5.33. The molecule has 1 aromatic heterocycles. The minimum absolute atomic E-state index is 0.0223. The molecular weight excluding hydrogens is 264 g/mol. The number of rotatable bonds is 4. The molecule has 1 atom stereocenters. The lowest BCUT2D eigenvalue weighted by Gasteiger charge is -2.21. The van der Waals surface area contributed by atoms with Crippen molar-refractivity contribution in [1.82, 2.24) is 5.32 Å². The van der Waals surface area contributed by atoms with Crippen LogP contribution in [0.25, 0.3) is 0 Å². The summed E-state index contributed by atoms with van der Waals surface area (Å²) in [6.45, 7) is 3.76. The maximum atomic E-state index is 12.1. The number of hydrogen-bond acceptors (Lipinski definition) is 5. The van der Waals surface area contributed by atoms with Gasteiger partial charge in [-0.3, -0.25) is 4.79 Å². The third-order valence-corrected chi connectivity index (χ3v) is 3.89. The van der Waals surface area contributed by atoms with Gasteiger partial charge in [-0.15, -0.1) is 11.3 Å². The Bertz CT molecular complexity index is 452. The number of carbonyl (C=O) groups excluding carboxylic acids is 2. The quantitative estimate of drug-likeness (QED) is 0.827. The Kier molecular flexibility index (Phi) is 4.93. The molecule has 2 rings (SSSR count). The van der Waals surface area contributed by atoms with E-state index in [1.807, 2.05) is 0 Å². The van der Waals surface area contributed by atoms with Gasteiger partial charge in [-0.25, -0.2) is 4.79 Å². The van der Waals surface area contributed by atoms with Crippen molar-refractivity contribution in [3.8, 4) is 0 Å². The number of hydrogen-bond donors (Lipinski definition) is 2. The van der Waals surface area contributed by atoms with E-state index < -0.39 is 0 Å². The molecule has 1 amide bonds. The Morgan fingerprint density at radius 3 is 3.11 bits per heavy atom. The third-order valence-electron chi connectivity index (χ3n) is 3.06. The summed E-state index contributed by atoms with van der Waals surface area (Å²) in [6, 6.07) is 1.68. The highest BCUT2D eigenvalue weighted by Crippen LogP contribution is 2.25. The Balaban J connectivity index is 2.00. The molecule has 0 aromatic carbocycles. The smallest absolute Gasteiger partial charge is 0.341 e. The largest absolute Gasteiger partial charge is 0.462 e. The SMILES string of the molecule is CCOC(=O)c1ccsc1NC(=O)C1CCCNC1. The van der Waals surface area contributed by atoms with Crippen molar-refractivity contribution in [2.75, 3.05) is 25.0 Å². The van der Waals surface area contributed by atoms with Crippen molar-refractivity contribution in [3.63, 3.8) is 0 Å². The molecule has 1 aliphatic rings. The summed E-state index contributed by atoms with van der Waals surface area (Å²) in [6.07, 6.45) is 1.90. The minimum Gasteiger partial charge on any atom is -0.462 e. The van der Waals surface area contributed by atoms with E-state index >= 15 is 0 Å². The van der Waals surface area contributed by atoms with Crippen molar-refractivity contribution in [2.45, 2.75) is 19.8 Å². The minimum atomic E-state index is -0.388. The molecule has 0 bridgehead atoms. The van der Waals surface area contributed by atoms with Crippen molar-refractivity contribution in [3.05, 3.63) is 17.0 Å². The Hall–Kier alpha value is -1.40. The summed E-state index contributed by atoms with van der Waals surface area (Å²) in [7, 11) is 0. The molecule has 1 aromatic rings. The van der Waals surface area contributed by atoms with E-state index in [-0.39, 0.29) is 17.8 Å². The highest BCUT2D eigenvalue weighted by Gasteiger charge is 2.23. The molecule has 5 nitrogen and oxygen atoms in total. The number of esters is 1. The summed E-state index contributed by atoms with van der Waals surface area (Å²) < 4.78 is 4.96. The van der Waals surface area contributed by atoms with Gasteiger partial charge in [0.25, 0.3) is 0 Å². The van der Waals surface area contributed by atoms with Crippen LogP contribution in [0.15, 0.2) is 11.4 Å². The topological polar surface area (TPSA) is 67.4 Å². The lowest BCUT2D eigenvalue weighted by atomic mass is 9.99. The van der Waals surface area contributed by atoms with Crippen LogP contribution in [0, 0.1) is 5.92 Å². The molecular formula is C13H18N2O3S. The van der Waals surface area contributed by atoms with Crippen LogP contribution < -0.4 is 10.6 Å². The van der Waals surface area contributed by atoms with E-state index in [4.69, 9.17) is 4.74 Å². The summed E-state index contributed by atoms with van der Waals surface area (Å²) in [5.41, 5.74) is 0.434. The summed E-state index contributed by atoms with van der Waals surface area (Å²) in [5.74, 6) is -0.438. The van der Waals surface area contributed by atoms with E-state index in [2.05, 4.69) is 10.6 Å². The maximum Gasteiger partial charge on any atom is 0.341 e. The van der Waals surface area contributed by atoms with Crippen LogP contribution in [0.3, 0.4) is 0 Å². The van der Waals surface area contributed by atoms with Gasteiger partial charge in [0.15, 0.2) is 0 Å². The molecule has 1 fully saturated rings. The molecule has 1 aliphatic heterocycles. The molecule has 1 saturated heterocycles. The van der Waals surface area contributed by atoms with Crippen molar-refractivity contribution < 1.29 is 14.3 Å². The van der Waals surface area contributed by atoms with Gasteiger partial charge in [0.1, 0.15) is 5.00 Å². The first-order chi connectivity index (χ1) is 9.22. The van der Waals surface area contributed by atoms with Crippen LogP contribution in [-0.2, 0) is 9.53 Å². The Labute approximate surface area is 116 Å². The fraction of sp³-hybridized carbons (Fsp3) is 0.538. The molecule has 1 unspecified atom stereocenters. The standard InChI is InChI=1S/C13H18N2O3S/c1-2-18-13(17)10-5-7-19-12(10)15-11(16)9-4-3-6-14-8-9/h5,7,9,14H,2-4,6,8H2,1H3,(H,15,16). The normalized spacial score (nSPS) is 18.9. The lowest BCUT2D eigenvalue weighted by Crippen LogP contribution is -2.37. The molecule has 104 valence electrons. The van der Waals surface area contributed by atoms with E-state index in [1.54, 1.807) is 18.4 Å². The number of anilines is 1.